The Morgan fingerprint density at radius 3 is 2.76 bits per heavy atom. The van der Waals surface area contributed by atoms with Crippen LogP contribution in [-0.2, 0) is 17.8 Å². The van der Waals surface area contributed by atoms with Gasteiger partial charge in [-0.05, 0) is 44.8 Å². The number of ether oxygens (including phenoxy) is 1. The summed E-state index contributed by atoms with van der Waals surface area (Å²) < 4.78 is 20.7. The number of nitrogens with one attached hydrogen (secondary N) is 1. The van der Waals surface area contributed by atoms with Gasteiger partial charge < -0.3 is 24.8 Å². The Hall–Kier alpha value is -3.69. The van der Waals surface area contributed by atoms with Crippen molar-refractivity contribution in [2.24, 2.45) is 11.3 Å². The van der Waals surface area contributed by atoms with E-state index >= 15 is 0 Å². The highest BCUT2D eigenvalue weighted by atomic mass is 19.1. The van der Waals surface area contributed by atoms with E-state index in [4.69, 9.17) is 4.74 Å². The molecule has 10 heteroatoms. The second-order valence-corrected chi connectivity index (χ2v) is 8.63. The van der Waals surface area contributed by atoms with E-state index in [1.165, 1.54) is 32.3 Å². The van der Waals surface area contributed by atoms with Gasteiger partial charge in [-0.15, -0.1) is 0 Å². The van der Waals surface area contributed by atoms with Gasteiger partial charge in [0, 0.05) is 25.4 Å². The van der Waals surface area contributed by atoms with Crippen LogP contribution in [0.5, 0.6) is 11.5 Å². The zero-order chi connectivity index (χ0) is 24.1. The number of carbonyl (C=O) groups excluding carboxylic acids is 1. The van der Waals surface area contributed by atoms with Crippen LogP contribution in [0, 0.1) is 11.3 Å². The van der Waals surface area contributed by atoms with Crippen molar-refractivity contribution in [2.75, 3.05) is 7.05 Å². The first kappa shape index (κ1) is 22.5. The number of rotatable bonds is 4. The minimum atomic E-state index is -1.51. The normalized spacial score (nSPS) is 24.1. The maximum absolute atomic E-state index is 13.4. The molecule has 3 heterocycles. The molecule has 9 nitrogen and oxygen atoms in total. The summed E-state index contributed by atoms with van der Waals surface area (Å²) in [5.74, 6) is -2.75. The highest BCUT2D eigenvalue weighted by Crippen LogP contribution is 2.41. The van der Waals surface area contributed by atoms with Crippen molar-refractivity contribution in [1.82, 2.24) is 14.9 Å². The lowest BCUT2D eigenvalue weighted by atomic mass is 9.85. The van der Waals surface area contributed by atoms with E-state index in [2.05, 4.69) is 10.3 Å². The van der Waals surface area contributed by atoms with E-state index in [0.29, 0.717) is 18.4 Å². The van der Waals surface area contributed by atoms with E-state index in [0.717, 1.165) is 4.57 Å². The van der Waals surface area contributed by atoms with Crippen molar-refractivity contribution in [1.29, 1.82) is 0 Å². The molecule has 2 aromatic heterocycles. The third-order valence-electron chi connectivity index (χ3n) is 6.52. The Morgan fingerprint density at radius 2 is 2.15 bits per heavy atom. The molecule has 0 radical (unpaired) electrons. The summed E-state index contributed by atoms with van der Waals surface area (Å²) in [4.78, 5) is 42.2. The van der Waals surface area contributed by atoms with Crippen LogP contribution in [-0.4, -0.2) is 44.8 Å². The number of amides is 1. The number of hydrogen-bond donors (Lipinski definition) is 3. The predicted molar refractivity (Wildman–Crippen MR) is 117 cm³/mol. The lowest BCUT2D eigenvalue weighted by Gasteiger charge is -2.29. The molecular weight excluding hydrogens is 433 g/mol. The Labute approximate surface area is 188 Å². The van der Waals surface area contributed by atoms with Crippen LogP contribution in [0.25, 0.3) is 11.0 Å². The summed E-state index contributed by atoms with van der Waals surface area (Å²) in [6.45, 7) is 2.76. The maximum atomic E-state index is 13.4. The van der Waals surface area contributed by atoms with Gasteiger partial charge in [0.25, 0.3) is 11.5 Å². The number of hydrogen-bond acceptors (Lipinski definition) is 6. The molecule has 0 fully saturated rings. The number of pyridine rings is 2. The van der Waals surface area contributed by atoms with E-state index in [-0.39, 0.29) is 35.1 Å². The van der Waals surface area contributed by atoms with Crippen LogP contribution in [0.1, 0.15) is 36.2 Å². The molecule has 0 saturated heterocycles. The van der Waals surface area contributed by atoms with E-state index < -0.39 is 40.3 Å². The van der Waals surface area contributed by atoms with Gasteiger partial charge in [-0.25, -0.2) is 4.39 Å². The van der Waals surface area contributed by atoms with E-state index in [9.17, 15) is 29.0 Å². The third kappa shape index (κ3) is 3.55. The van der Waals surface area contributed by atoms with Crippen LogP contribution >= 0.6 is 0 Å². The molecular formula is C23H24FN3O6. The number of allylic oxidation sites excluding steroid dienone is 4. The molecule has 0 saturated carbocycles. The van der Waals surface area contributed by atoms with Gasteiger partial charge in [0.05, 0.1) is 0 Å². The zero-order valence-electron chi connectivity index (χ0n) is 18.4. The molecule has 174 valence electrons. The second kappa shape index (κ2) is 8.02. The molecule has 1 aliphatic carbocycles. The minimum absolute atomic E-state index is 0.0427. The first-order chi connectivity index (χ1) is 15.6. The van der Waals surface area contributed by atoms with Gasteiger partial charge in [-0.3, -0.25) is 19.4 Å². The van der Waals surface area contributed by atoms with Crippen LogP contribution in [0.2, 0.25) is 0 Å². The highest BCUT2D eigenvalue weighted by Gasteiger charge is 2.45. The Morgan fingerprint density at radius 1 is 1.42 bits per heavy atom. The van der Waals surface area contributed by atoms with Crippen molar-refractivity contribution >= 4 is 22.9 Å². The Kier molecular flexibility index (Phi) is 5.47. The molecule has 2 aromatic rings. The van der Waals surface area contributed by atoms with Gasteiger partial charge in [-0.1, -0.05) is 6.08 Å². The molecule has 3 atom stereocenters. The number of nitrogens with zero attached hydrogens (tertiary/aromatic N) is 2. The molecule has 1 amide bonds. The van der Waals surface area contributed by atoms with Gasteiger partial charge in [0.1, 0.15) is 33.9 Å². The average Bonchev–Trinajstić information content (AvgIpc) is 2.90. The van der Waals surface area contributed by atoms with Crippen molar-refractivity contribution < 1.29 is 28.9 Å². The maximum Gasteiger partial charge on any atom is 0.314 e. The average molecular weight is 457 g/mol. The smallest absolute Gasteiger partial charge is 0.314 e. The Bertz CT molecular complexity index is 1300. The lowest BCUT2D eigenvalue weighted by molar-refractivity contribution is -0.154. The topological polar surface area (TPSA) is 131 Å². The van der Waals surface area contributed by atoms with Gasteiger partial charge in [-0.2, -0.15) is 0 Å². The number of aliphatic carboxylic acids is 1. The van der Waals surface area contributed by atoms with Crippen LogP contribution < -0.4 is 15.6 Å². The largest absolute Gasteiger partial charge is 0.505 e. The minimum Gasteiger partial charge on any atom is -0.505 e. The SMILES string of the molecule is CNC(=O)c1c(O)c2ncc(CC3C=CC(F)=CC3)c3c2n(c1=O)C[C@@](C)(C(=O)O)C(C)O3. The number of halogens is 1. The molecule has 1 aliphatic heterocycles. The van der Waals surface area contributed by atoms with E-state index in [1.807, 2.05) is 0 Å². The summed E-state index contributed by atoms with van der Waals surface area (Å²) in [6, 6.07) is 0. The number of aromatic nitrogens is 2. The van der Waals surface area contributed by atoms with Crippen molar-refractivity contribution in [3.05, 3.63) is 51.7 Å². The fourth-order valence-corrected chi connectivity index (χ4v) is 4.24. The van der Waals surface area contributed by atoms with Crippen LogP contribution in [0.4, 0.5) is 4.39 Å². The highest BCUT2D eigenvalue weighted by molar-refractivity contribution is 6.02. The zero-order valence-corrected chi connectivity index (χ0v) is 18.4. The van der Waals surface area contributed by atoms with Crippen molar-refractivity contribution in [2.45, 2.75) is 39.3 Å². The first-order valence-electron chi connectivity index (χ1n) is 10.5. The van der Waals surface area contributed by atoms with Crippen molar-refractivity contribution in [3.63, 3.8) is 0 Å². The monoisotopic (exact) mass is 457 g/mol. The summed E-state index contributed by atoms with van der Waals surface area (Å²) in [6.07, 6.45) is 6.04. The Balaban J connectivity index is 1.99. The third-order valence-corrected chi connectivity index (χ3v) is 6.52. The van der Waals surface area contributed by atoms with Crippen LogP contribution in [0.3, 0.4) is 0 Å². The molecule has 0 bridgehead atoms. The molecule has 2 unspecified atom stereocenters. The summed E-state index contributed by atoms with van der Waals surface area (Å²) >= 11 is 0. The van der Waals surface area contributed by atoms with Gasteiger partial charge >= 0.3 is 5.97 Å². The van der Waals surface area contributed by atoms with Gasteiger partial charge in [0.15, 0.2) is 11.5 Å². The molecule has 0 aromatic carbocycles. The standard InChI is InChI=1S/C23H24FN3O6/c1-11-23(2,22(31)32)10-27-17-16(18(28)15(21(27)30)20(29)25-3)26-9-13(19(17)33-11)8-12-4-6-14(24)7-5-12/h4,6-7,9,11-12,28H,5,8,10H2,1-3H3,(H,25,29)(H,31,32)/t11?,12?,23-/m1/s1. The molecule has 33 heavy (non-hydrogen) atoms. The van der Waals surface area contributed by atoms with Gasteiger partial charge in [0.2, 0.25) is 0 Å². The fraction of sp³-hybridized carbons (Fsp3) is 0.391. The van der Waals surface area contributed by atoms with E-state index in [1.54, 1.807) is 13.0 Å². The molecule has 2 aliphatic rings. The predicted octanol–water partition coefficient (Wildman–Crippen LogP) is 2.31. The first-order valence-corrected chi connectivity index (χ1v) is 10.5. The van der Waals surface area contributed by atoms with Crippen molar-refractivity contribution in [3.8, 4) is 11.5 Å². The number of carboxylic acid groups (broad SMARTS) is 1. The number of aromatic hydroxyl groups is 1. The number of carbonyl (C=O) groups is 2. The van der Waals surface area contributed by atoms with Crippen LogP contribution in [0.15, 0.2) is 35.0 Å². The quantitative estimate of drug-likeness (QED) is 0.642. The summed E-state index contributed by atoms with van der Waals surface area (Å²) in [5, 5.41) is 23.0. The molecule has 0 spiro atoms. The number of carboxylic acids is 1. The second-order valence-electron chi connectivity index (χ2n) is 8.63. The summed E-state index contributed by atoms with van der Waals surface area (Å²) in [7, 11) is 1.32. The molecule has 4 rings (SSSR count). The fourth-order valence-electron chi connectivity index (χ4n) is 4.24. The molecule has 3 N–H and O–H groups in total. The summed E-state index contributed by atoms with van der Waals surface area (Å²) in [5.41, 5.74) is -2.21. The lowest BCUT2D eigenvalue weighted by Crippen LogP contribution is -2.45.